The second-order valence-corrected chi connectivity index (χ2v) is 23.8. The fraction of sp³-hybridized carbons (Fsp3) is 0.645. The number of hydrogen-bond donors (Lipinski definition) is 0. The lowest BCUT2D eigenvalue weighted by Gasteiger charge is -2.51. The van der Waals surface area contributed by atoms with E-state index in [4.69, 9.17) is 28.6 Å². The number of benzene rings is 1. The highest BCUT2D eigenvalue weighted by Gasteiger charge is 2.62. The van der Waals surface area contributed by atoms with Crippen LogP contribution in [0.25, 0.3) is 0 Å². The summed E-state index contributed by atoms with van der Waals surface area (Å²) in [7, 11) is -10.1. The Morgan fingerprint density at radius 1 is 0.978 bits per heavy atom. The maximum Gasteiger partial charge on any atom is 0.353 e. The highest BCUT2D eigenvalue weighted by molar-refractivity contribution is 7.87. The first-order chi connectivity index (χ1) is 20.9. The van der Waals surface area contributed by atoms with Gasteiger partial charge in [-0.15, -0.1) is 0 Å². The molecule has 0 amide bonds. The van der Waals surface area contributed by atoms with E-state index in [-0.39, 0.29) is 39.5 Å². The van der Waals surface area contributed by atoms with Crippen molar-refractivity contribution in [2.75, 3.05) is 6.61 Å². The van der Waals surface area contributed by atoms with Gasteiger partial charge in [0, 0.05) is 12.3 Å². The molecule has 0 saturated carbocycles. The first-order valence-corrected chi connectivity index (χ1v) is 20.9. The summed E-state index contributed by atoms with van der Waals surface area (Å²) in [4.78, 5) is 21.2. The summed E-state index contributed by atoms with van der Waals surface area (Å²) in [6.07, 6.45) is -1.01. The third-order valence-electron chi connectivity index (χ3n) is 8.92. The normalized spacial score (nSPS) is 25.0. The molecule has 1 aromatic carbocycles. The number of aromatic nitrogens is 2. The van der Waals surface area contributed by atoms with Crippen LogP contribution in [0, 0.1) is 20.8 Å². The monoisotopic (exact) mass is 677 g/mol. The van der Waals surface area contributed by atoms with E-state index in [1.165, 1.54) is 16.8 Å². The van der Waals surface area contributed by atoms with Crippen LogP contribution >= 0.6 is 0 Å². The average molecular weight is 678 g/mol. The summed E-state index contributed by atoms with van der Waals surface area (Å²) < 4.78 is 60.3. The van der Waals surface area contributed by atoms with Crippen molar-refractivity contribution in [2.45, 2.75) is 128 Å². The molecular weight excluding hydrogens is 631 g/mol. The molecule has 0 aliphatic carbocycles. The van der Waals surface area contributed by atoms with Gasteiger partial charge in [0.2, 0.25) is 5.88 Å². The van der Waals surface area contributed by atoms with Gasteiger partial charge < -0.3 is 21.9 Å². The number of hydrogen-bond acceptors (Lipinski definition) is 10. The molecule has 1 aromatic heterocycles. The Bertz CT molecular complexity index is 1540. The quantitative estimate of drug-likeness (QED) is 0.189. The molecule has 14 heteroatoms. The molecule has 2 radical (unpaired) electrons. The summed E-state index contributed by atoms with van der Waals surface area (Å²) >= 11 is 0. The van der Waals surface area contributed by atoms with E-state index in [1.807, 2.05) is 6.92 Å². The number of ether oxygens (including phenoxy) is 1. The van der Waals surface area contributed by atoms with E-state index in [0.717, 1.165) is 5.56 Å². The Hall–Kier alpha value is -2.21. The molecule has 0 bridgehead atoms. The highest BCUT2D eigenvalue weighted by Crippen LogP contribution is 2.48. The average Bonchev–Trinajstić information content (AvgIpc) is 3.22. The van der Waals surface area contributed by atoms with E-state index < -0.39 is 57.4 Å². The molecule has 11 nitrogen and oxygen atoms in total. The van der Waals surface area contributed by atoms with Crippen LogP contribution in [0.15, 0.2) is 39.1 Å². The smallest absolute Gasteiger partial charge is 0.353 e. The Kier molecular flexibility index (Phi) is 10.4. The van der Waals surface area contributed by atoms with Crippen molar-refractivity contribution < 1.29 is 30.3 Å². The van der Waals surface area contributed by atoms with Gasteiger partial charge in [-0.2, -0.15) is 13.4 Å². The maximum atomic E-state index is 13.4. The van der Waals surface area contributed by atoms with E-state index in [0.29, 0.717) is 11.1 Å². The molecule has 45 heavy (non-hydrogen) atoms. The zero-order chi connectivity index (χ0) is 33.6. The molecule has 4 atom stereocenters. The van der Waals surface area contributed by atoms with Crippen LogP contribution in [0.2, 0.25) is 22.2 Å². The molecule has 2 aliphatic rings. The van der Waals surface area contributed by atoms with Crippen molar-refractivity contribution in [3.05, 3.63) is 51.6 Å². The zero-order valence-corrected chi connectivity index (χ0v) is 31.0. The zero-order valence-electron chi connectivity index (χ0n) is 28.2. The molecule has 2 aliphatic heterocycles. The van der Waals surface area contributed by atoms with Crippen molar-refractivity contribution in [3.63, 3.8) is 0 Å². The summed E-state index contributed by atoms with van der Waals surface area (Å²) in [6, 6.07) is 3.90. The van der Waals surface area contributed by atoms with Gasteiger partial charge in [-0.25, -0.2) is 4.79 Å². The standard InChI is InChI=1S/C31H47N3O8SSi2/c1-18(2)44(19(3)4)38-17-25-28(41-45(42-44,20(5)6)21(7)8)27(32-12)30(39-25)34-14-13-26(33-31(34)35)40-43(36,37)29-23(10)15-22(9)16-24(29)11/h13-16,18-21,25,27-28,30H,17H2,1-11H3/t25-,27-,28-,30-/m1/s1. The Labute approximate surface area is 270 Å². The highest BCUT2D eigenvalue weighted by atomic mass is 32.2. The fourth-order valence-electron chi connectivity index (χ4n) is 6.86. The minimum Gasteiger partial charge on any atom is -0.414 e. The van der Waals surface area contributed by atoms with Crippen molar-refractivity contribution in [1.29, 1.82) is 0 Å². The largest absolute Gasteiger partial charge is 0.414 e. The summed E-state index contributed by atoms with van der Waals surface area (Å²) in [5, 5.41) is 0. The second-order valence-electron chi connectivity index (χ2n) is 13.5. The maximum absolute atomic E-state index is 13.4. The van der Waals surface area contributed by atoms with Gasteiger partial charge in [0.15, 0.2) is 6.23 Å². The third-order valence-corrected chi connectivity index (χ3v) is 20.7. The molecule has 0 N–H and O–H groups in total. The first-order valence-electron chi connectivity index (χ1n) is 15.6. The van der Waals surface area contributed by atoms with Gasteiger partial charge in [0.25, 0.3) is 0 Å². The number of aryl methyl sites for hydroxylation is 3. The number of aliphatic imine (C=N–C) groups is 1. The van der Waals surface area contributed by atoms with Crippen molar-refractivity contribution >= 4 is 34.0 Å². The predicted octanol–water partition coefficient (Wildman–Crippen LogP) is 5.61. The summed E-state index contributed by atoms with van der Waals surface area (Å²) in [5.74, 6) is -0.373. The summed E-state index contributed by atoms with van der Waals surface area (Å²) in [6.45, 7) is 30.5. The Morgan fingerprint density at radius 2 is 1.53 bits per heavy atom. The van der Waals surface area contributed by atoms with E-state index in [2.05, 4.69) is 65.4 Å². The van der Waals surface area contributed by atoms with Crippen LogP contribution in [-0.4, -0.2) is 66.7 Å². The van der Waals surface area contributed by atoms with Gasteiger partial charge in [-0.1, -0.05) is 73.1 Å². The molecular formula is C31H47N3O8SSi2. The molecule has 0 spiro atoms. The molecule has 2 fully saturated rings. The molecule has 2 aromatic rings. The number of nitrogens with zero attached hydrogens (tertiary/aromatic N) is 3. The Balaban J connectivity index is 1.70. The topological polar surface area (TPSA) is 128 Å². The number of fused-ring (bicyclic) bond motifs is 1. The van der Waals surface area contributed by atoms with Crippen LogP contribution in [-0.2, 0) is 27.8 Å². The molecule has 2 saturated heterocycles. The van der Waals surface area contributed by atoms with Crippen LogP contribution < -0.4 is 9.87 Å². The SMILES string of the molecule is [C]=N[C@@H]1[C@@H]2O[Si](C(C)C)(C(C)C)O[Si](C(C)C)(C(C)C)OC[C@H]2O[C@H]1n1ccc(OS(=O)(=O)c2c(C)cc(C)cc2C)nc1=O. The second kappa shape index (κ2) is 13.1. The Morgan fingerprint density at radius 3 is 2.02 bits per heavy atom. The molecule has 248 valence electrons. The van der Waals surface area contributed by atoms with Crippen molar-refractivity contribution in [1.82, 2.24) is 9.55 Å². The van der Waals surface area contributed by atoms with E-state index in [1.54, 1.807) is 26.0 Å². The van der Waals surface area contributed by atoms with Crippen LogP contribution in [0.1, 0.15) is 78.3 Å². The minimum absolute atomic E-state index is 0.0345. The van der Waals surface area contributed by atoms with Crippen LogP contribution in [0.5, 0.6) is 5.88 Å². The van der Waals surface area contributed by atoms with Crippen LogP contribution in [0.3, 0.4) is 0 Å². The number of rotatable bonds is 9. The van der Waals surface area contributed by atoms with E-state index in [9.17, 15) is 13.2 Å². The van der Waals surface area contributed by atoms with Gasteiger partial charge in [-0.05, 0) is 54.1 Å². The van der Waals surface area contributed by atoms with Gasteiger partial charge in [0.1, 0.15) is 29.9 Å². The lowest BCUT2D eigenvalue weighted by molar-refractivity contribution is -0.0568. The fourth-order valence-corrected chi connectivity index (χ4v) is 19.4. The molecule has 4 rings (SSSR count). The van der Waals surface area contributed by atoms with Gasteiger partial charge in [0.05, 0.1) is 6.61 Å². The van der Waals surface area contributed by atoms with E-state index >= 15 is 0 Å². The lowest BCUT2D eigenvalue weighted by atomic mass is 10.1. The lowest BCUT2D eigenvalue weighted by Crippen LogP contribution is -2.65. The predicted molar refractivity (Wildman–Crippen MR) is 176 cm³/mol. The van der Waals surface area contributed by atoms with Crippen molar-refractivity contribution in [3.8, 4) is 5.88 Å². The van der Waals surface area contributed by atoms with Gasteiger partial charge in [-0.3, -0.25) is 9.56 Å². The van der Waals surface area contributed by atoms with Gasteiger partial charge >= 0.3 is 32.9 Å². The minimum atomic E-state index is -4.27. The molecule has 3 heterocycles. The van der Waals surface area contributed by atoms with Crippen molar-refractivity contribution in [2.24, 2.45) is 4.99 Å². The molecule has 0 unspecified atom stereocenters. The first kappa shape index (κ1) is 35.6. The van der Waals surface area contributed by atoms with Crippen LogP contribution in [0.4, 0.5) is 0 Å². The third kappa shape index (κ3) is 6.51. The summed E-state index contributed by atoms with van der Waals surface area (Å²) in [5.41, 5.74) is 1.56.